The average Bonchev–Trinajstić information content (AvgIpc) is 2.74. The Hall–Kier alpha value is -3.09. The minimum atomic E-state index is -0.582. The molecule has 29 heavy (non-hydrogen) atoms. The summed E-state index contributed by atoms with van der Waals surface area (Å²) in [5.41, 5.74) is 6.54. The fraction of sp³-hybridized carbons (Fsp3) is 0.409. The van der Waals surface area contributed by atoms with Crippen LogP contribution >= 0.6 is 0 Å². The van der Waals surface area contributed by atoms with Gasteiger partial charge in [0.2, 0.25) is 5.91 Å². The van der Waals surface area contributed by atoms with Crippen molar-refractivity contribution in [1.29, 1.82) is 0 Å². The van der Waals surface area contributed by atoms with Gasteiger partial charge in [-0.1, -0.05) is 19.1 Å². The van der Waals surface area contributed by atoms with Gasteiger partial charge < -0.3 is 20.1 Å². The number of likely N-dealkylation sites (tertiary alicyclic amines) is 1. The topological polar surface area (TPSA) is 94.8 Å². The monoisotopic (exact) mass is 397 g/mol. The summed E-state index contributed by atoms with van der Waals surface area (Å²) < 4.78 is 11.2. The lowest BCUT2D eigenvalue weighted by Crippen LogP contribution is -2.42. The highest BCUT2D eigenvalue weighted by atomic mass is 16.5. The molecule has 2 aromatic rings. The standard InChI is InChI=1S/C22H27N3O4/c1-15(16-4-3-5-18(13-16)28-2)12-21(26)25-10-7-17(8-11-25)29-19-6-9-24-20(14-19)22(23)27/h3-6,9,13-15,17H,7-8,10-12H2,1-2H3,(H2,23,27)/t15-/m1/s1. The van der Waals surface area contributed by atoms with Crippen LogP contribution in [0.5, 0.6) is 11.5 Å². The maximum atomic E-state index is 12.7. The highest BCUT2D eigenvalue weighted by molar-refractivity contribution is 5.91. The number of pyridine rings is 1. The van der Waals surface area contributed by atoms with Crippen LogP contribution in [-0.2, 0) is 4.79 Å². The molecule has 1 aliphatic heterocycles. The molecule has 1 aromatic heterocycles. The first-order valence-corrected chi connectivity index (χ1v) is 9.80. The average molecular weight is 397 g/mol. The van der Waals surface area contributed by atoms with Crippen molar-refractivity contribution in [2.24, 2.45) is 5.73 Å². The normalized spacial score (nSPS) is 15.6. The largest absolute Gasteiger partial charge is 0.497 e. The number of nitrogens with zero attached hydrogens (tertiary/aromatic N) is 2. The Bertz CT molecular complexity index is 863. The summed E-state index contributed by atoms with van der Waals surface area (Å²) >= 11 is 0. The van der Waals surface area contributed by atoms with E-state index in [1.165, 1.54) is 6.20 Å². The summed E-state index contributed by atoms with van der Waals surface area (Å²) in [7, 11) is 1.64. The van der Waals surface area contributed by atoms with Crippen molar-refractivity contribution >= 4 is 11.8 Å². The summed E-state index contributed by atoms with van der Waals surface area (Å²) in [6.07, 6.45) is 3.46. The molecule has 7 nitrogen and oxygen atoms in total. The van der Waals surface area contributed by atoms with Crippen molar-refractivity contribution in [2.45, 2.75) is 38.2 Å². The molecule has 1 aromatic carbocycles. The van der Waals surface area contributed by atoms with Crippen LogP contribution in [0.1, 0.15) is 48.2 Å². The predicted octanol–water partition coefficient (Wildman–Crippen LogP) is 2.75. The summed E-state index contributed by atoms with van der Waals surface area (Å²) in [4.78, 5) is 29.8. The molecule has 154 valence electrons. The second-order valence-corrected chi connectivity index (χ2v) is 7.32. The number of carbonyl (C=O) groups excluding carboxylic acids is 2. The highest BCUT2D eigenvalue weighted by Crippen LogP contribution is 2.25. The van der Waals surface area contributed by atoms with Gasteiger partial charge in [0.05, 0.1) is 7.11 Å². The smallest absolute Gasteiger partial charge is 0.267 e. The zero-order valence-electron chi connectivity index (χ0n) is 16.8. The molecule has 1 fully saturated rings. The third kappa shape index (κ3) is 5.47. The van der Waals surface area contributed by atoms with E-state index in [0.29, 0.717) is 25.3 Å². The lowest BCUT2D eigenvalue weighted by Gasteiger charge is -2.33. The van der Waals surface area contributed by atoms with Crippen molar-refractivity contribution in [3.63, 3.8) is 0 Å². The van der Waals surface area contributed by atoms with E-state index in [1.807, 2.05) is 29.2 Å². The predicted molar refractivity (Wildman–Crippen MR) is 109 cm³/mol. The number of hydrogen-bond donors (Lipinski definition) is 1. The van der Waals surface area contributed by atoms with E-state index >= 15 is 0 Å². The second kappa shape index (κ2) is 9.41. The molecule has 0 unspecified atom stereocenters. The van der Waals surface area contributed by atoms with E-state index in [9.17, 15) is 9.59 Å². The molecule has 0 spiro atoms. The van der Waals surface area contributed by atoms with Gasteiger partial charge in [-0.15, -0.1) is 0 Å². The molecule has 2 amide bonds. The van der Waals surface area contributed by atoms with Gasteiger partial charge in [0.1, 0.15) is 23.3 Å². The van der Waals surface area contributed by atoms with Crippen molar-refractivity contribution in [2.75, 3.05) is 20.2 Å². The SMILES string of the molecule is COc1cccc([C@H](C)CC(=O)N2CCC(Oc3ccnc(C(N)=O)c3)CC2)c1. The van der Waals surface area contributed by atoms with Gasteiger partial charge >= 0.3 is 0 Å². The minimum absolute atomic E-state index is 0.00187. The van der Waals surface area contributed by atoms with E-state index in [0.717, 1.165) is 24.2 Å². The fourth-order valence-corrected chi connectivity index (χ4v) is 3.49. The van der Waals surface area contributed by atoms with E-state index in [2.05, 4.69) is 11.9 Å². The number of carbonyl (C=O) groups is 2. The maximum Gasteiger partial charge on any atom is 0.267 e. The molecule has 0 bridgehead atoms. The molecule has 1 saturated heterocycles. The van der Waals surface area contributed by atoms with Gasteiger partial charge in [0.15, 0.2) is 0 Å². The number of primary amides is 1. The first-order chi connectivity index (χ1) is 14.0. The Morgan fingerprint density at radius 3 is 2.66 bits per heavy atom. The first kappa shape index (κ1) is 20.6. The second-order valence-electron chi connectivity index (χ2n) is 7.32. The number of hydrogen-bond acceptors (Lipinski definition) is 5. The molecular formula is C22H27N3O4. The lowest BCUT2D eigenvalue weighted by atomic mass is 9.96. The molecule has 1 atom stereocenters. The zero-order valence-corrected chi connectivity index (χ0v) is 16.8. The Morgan fingerprint density at radius 1 is 1.21 bits per heavy atom. The van der Waals surface area contributed by atoms with Gasteiger partial charge in [0.25, 0.3) is 5.91 Å². The summed E-state index contributed by atoms with van der Waals surface area (Å²) in [6.45, 7) is 3.37. The molecular weight excluding hydrogens is 370 g/mol. The Labute approximate surface area is 170 Å². The van der Waals surface area contributed by atoms with E-state index in [-0.39, 0.29) is 23.6 Å². The molecule has 7 heteroatoms. The van der Waals surface area contributed by atoms with Gasteiger partial charge in [0, 0.05) is 44.6 Å². The molecule has 3 rings (SSSR count). The summed E-state index contributed by atoms with van der Waals surface area (Å²) in [5.74, 6) is 1.07. The van der Waals surface area contributed by atoms with Crippen LogP contribution in [0.4, 0.5) is 0 Å². The summed E-state index contributed by atoms with van der Waals surface area (Å²) in [5, 5.41) is 0. The Kier molecular flexibility index (Phi) is 6.69. The minimum Gasteiger partial charge on any atom is -0.497 e. The van der Waals surface area contributed by atoms with Gasteiger partial charge in [-0.3, -0.25) is 14.6 Å². The first-order valence-electron chi connectivity index (χ1n) is 9.80. The fourth-order valence-electron chi connectivity index (χ4n) is 3.49. The van der Waals surface area contributed by atoms with Crippen molar-refractivity contribution in [1.82, 2.24) is 9.88 Å². The van der Waals surface area contributed by atoms with Crippen LogP contribution in [0.3, 0.4) is 0 Å². The lowest BCUT2D eigenvalue weighted by molar-refractivity contribution is -0.133. The maximum absolute atomic E-state index is 12.7. The van der Waals surface area contributed by atoms with Gasteiger partial charge in [-0.25, -0.2) is 0 Å². The molecule has 1 aliphatic rings. The van der Waals surface area contributed by atoms with Crippen LogP contribution in [0.15, 0.2) is 42.6 Å². The van der Waals surface area contributed by atoms with E-state index < -0.39 is 5.91 Å². The molecule has 2 N–H and O–H groups in total. The number of amides is 2. The highest BCUT2D eigenvalue weighted by Gasteiger charge is 2.25. The number of methoxy groups -OCH3 is 1. The van der Waals surface area contributed by atoms with Crippen LogP contribution in [0.2, 0.25) is 0 Å². The zero-order chi connectivity index (χ0) is 20.8. The van der Waals surface area contributed by atoms with Crippen LogP contribution in [0, 0.1) is 0 Å². The van der Waals surface area contributed by atoms with Crippen LogP contribution in [0.25, 0.3) is 0 Å². The van der Waals surface area contributed by atoms with E-state index in [1.54, 1.807) is 19.2 Å². The quantitative estimate of drug-likeness (QED) is 0.775. The number of piperidine rings is 1. The molecule has 0 aliphatic carbocycles. The van der Waals surface area contributed by atoms with Crippen molar-refractivity contribution < 1.29 is 19.1 Å². The number of benzene rings is 1. The summed E-state index contributed by atoms with van der Waals surface area (Å²) in [6, 6.07) is 11.1. The van der Waals surface area contributed by atoms with Gasteiger partial charge in [-0.2, -0.15) is 0 Å². The number of nitrogens with two attached hydrogens (primary N) is 1. The molecule has 0 radical (unpaired) electrons. The Morgan fingerprint density at radius 2 is 1.97 bits per heavy atom. The third-order valence-electron chi connectivity index (χ3n) is 5.22. The third-order valence-corrected chi connectivity index (χ3v) is 5.22. The number of aromatic nitrogens is 1. The number of rotatable bonds is 7. The van der Waals surface area contributed by atoms with Gasteiger partial charge in [-0.05, 0) is 29.7 Å². The van der Waals surface area contributed by atoms with Crippen molar-refractivity contribution in [3.8, 4) is 11.5 Å². The molecule has 2 heterocycles. The van der Waals surface area contributed by atoms with Crippen LogP contribution < -0.4 is 15.2 Å². The molecule has 0 saturated carbocycles. The van der Waals surface area contributed by atoms with Crippen molar-refractivity contribution in [3.05, 3.63) is 53.9 Å². The van der Waals surface area contributed by atoms with E-state index in [4.69, 9.17) is 15.2 Å². The number of ether oxygens (including phenoxy) is 2. The van der Waals surface area contributed by atoms with Crippen LogP contribution in [-0.4, -0.2) is 48.0 Å². The Balaban J connectivity index is 1.50.